The molecule has 0 radical (unpaired) electrons. The van der Waals surface area contributed by atoms with Gasteiger partial charge in [0.05, 0.1) is 29.1 Å². The maximum absolute atomic E-state index is 6.89. The van der Waals surface area contributed by atoms with Gasteiger partial charge in [0.15, 0.2) is 0 Å². The molecule has 6 aromatic carbocycles. The number of rotatable bonds is 7. The normalized spacial score (nSPS) is 13.1. The number of anilines is 3. The van der Waals surface area contributed by atoms with Crippen LogP contribution in [0, 0.1) is 0 Å². The molecule has 6 nitrogen and oxygen atoms in total. The molecule has 1 aliphatic rings. The van der Waals surface area contributed by atoms with E-state index >= 15 is 0 Å². The van der Waals surface area contributed by atoms with E-state index in [0.717, 1.165) is 63.5 Å². The molecule has 0 saturated carbocycles. The Hall–Kier alpha value is -6.40. The number of benzene rings is 6. The fraction of sp³-hybridized carbons (Fsp3) is 0.200. The summed E-state index contributed by atoms with van der Waals surface area (Å²) in [6.07, 6.45) is 3.91. The molecule has 6 heteroatoms. The second-order valence-corrected chi connectivity index (χ2v) is 16.9. The minimum Gasteiger partial charge on any atom is -0.457 e. The van der Waals surface area contributed by atoms with Crippen molar-refractivity contribution in [2.45, 2.75) is 58.9 Å². The Bertz CT molecular complexity index is 2690. The van der Waals surface area contributed by atoms with Crippen LogP contribution in [-0.4, -0.2) is 21.2 Å². The topological polar surface area (TPSA) is 46.4 Å². The first-order valence-electron chi connectivity index (χ1n) is 19.4. The third kappa shape index (κ3) is 6.66. The van der Waals surface area contributed by atoms with E-state index in [-0.39, 0.29) is 10.8 Å². The summed E-state index contributed by atoms with van der Waals surface area (Å²) in [5, 5.41) is 2.30. The summed E-state index contributed by atoms with van der Waals surface area (Å²) in [5.41, 5.74) is 11.4. The fourth-order valence-electron chi connectivity index (χ4n) is 7.74. The summed E-state index contributed by atoms with van der Waals surface area (Å²) in [6.45, 7) is 14.9. The molecule has 0 atom stereocenters. The number of hydrogen-bond acceptors (Lipinski definition) is 5. The van der Waals surface area contributed by atoms with Crippen LogP contribution < -0.4 is 14.5 Å². The molecular weight excluding hydrogens is 687 g/mol. The average molecular weight is 734 g/mol. The first-order chi connectivity index (χ1) is 27.0. The molecule has 1 aliphatic heterocycles. The van der Waals surface area contributed by atoms with Crippen LogP contribution >= 0.6 is 0 Å². The number of ether oxygens (including phenoxy) is 1. The van der Waals surface area contributed by atoms with E-state index < -0.39 is 0 Å². The van der Waals surface area contributed by atoms with Gasteiger partial charge >= 0.3 is 0 Å². The van der Waals surface area contributed by atoms with Crippen molar-refractivity contribution < 1.29 is 4.74 Å². The predicted octanol–water partition coefficient (Wildman–Crippen LogP) is 12.7. The monoisotopic (exact) mass is 733 g/mol. The minimum absolute atomic E-state index is 0.00638. The van der Waals surface area contributed by atoms with Gasteiger partial charge in [0.2, 0.25) is 5.95 Å². The second kappa shape index (κ2) is 13.7. The SMILES string of the molecule is CC(C)(C)c1cnc(-n2c3ccc(C(C)(C)C)cc3c3ccc(Oc4cc(-c5ccccc5)cc(N5CN(Cc6ccccc6)c6ccccc65)c4)cc32)nc1. The van der Waals surface area contributed by atoms with E-state index in [1.165, 1.54) is 27.9 Å². The van der Waals surface area contributed by atoms with Gasteiger partial charge in [-0.1, -0.05) is 120 Å². The summed E-state index contributed by atoms with van der Waals surface area (Å²) in [5.74, 6) is 2.15. The van der Waals surface area contributed by atoms with Gasteiger partial charge in [0, 0.05) is 47.5 Å². The Morgan fingerprint density at radius 3 is 1.95 bits per heavy atom. The highest BCUT2D eigenvalue weighted by molar-refractivity contribution is 6.09. The predicted molar refractivity (Wildman–Crippen MR) is 232 cm³/mol. The van der Waals surface area contributed by atoms with Crippen LogP contribution in [0.2, 0.25) is 0 Å². The largest absolute Gasteiger partial charge is 0.457 e. The van der Waals surface area contributed by atoms with Crippen molar-refractivity contribution in [3.8, 4) is 28.6 Å². The highest BCUT2D eigenvalue weighted by Gasteiger charge is 2.28. The Morgan fingerprint density at radius 2 is 1.23 bits per heavy atom. The molecule has 0 fully saturated rings. The zero-order valence-corrected chi connectivity index (χ0v) is 33.0. The van der Waals surface area contributed by atoms with Crippen molar-refractivity contribution in [3.05, 3.63) is 169 Å². The van der Waals surface area contributed by atoms with Gasteiger partial charge in [-0.25, -0.2) is 9.97 Å². The summed E-state index contributed by atoms with van der Waals surface area (Å²) in [7, 11) is 0. The molecule has 0 N–H and O–H groups in total. The zero-order valence-electron chi connectivity index (χ0n) is 33.0. The molecule has 56 heavy (non-hydrogen) atoms. The van der Waals surface area contributed by atoms with E-state index in [1.807, 2.05) is 12.4 Å². The van der Waals surface area contributed by atoms with Crippen LogP contribution in [0.4, 0.5) is 17.1 Å². The van der Waals surface area contributed by atoms with Crippen LogP contribution in [0.3, 0.4) is 0 Å². The minimum atomic E-state index is -0.0492. The molecular formula is C50H47N5O. The number of nitrogens with zero attached hydrogens (tertiary/aromatic N) is 5. The third-order valence-electron chi connectivity index (χ3n) is 10.9. The van der Waals surface area contributed by atoms with Gasteiger partial charge in [-0.15, -0.1) is 0 Å². The van der Waals surface area contributed by atoms with E-state index in [1.54, 1.807) is 0 Å². The fourth-order valence-corrected chi connectivity index (χ4v) is 7.74. The van der Waals surface area contributed by atoms with Gasteiger partial charge < -0.3 is 14.5 Å². The summed E-state index contributed by atoms with van der Waals surface area (Å²) in [6, 6.07) is 49.6. The van der Waals surface area contributed by atoms with Gasteiger partial charge in [0.1, 0.15) is 11.5 Å². The lowest BCUT2D eigenvalue weighted by atomic mass is 9.86. The Morgan fingerprint density at radius 1 is 0.554 bits per heavy atom. The molecule has 0 aliphatic carbocycles. The van der Waals surface area contributed by atoms with Crippen molar-refractivity contribution in [3.63, 3.8) is 0 Å². The lowest BCUT2D eigenvalue weighted by molar-refractivity contribution is 0.483. The molecule has 278 valence electrons. The lowest BCUT2D eigenvalue weighted by Gasteiger charge is -2.23. The Labute approximate surface area is 329 Å². The molecule has 0 bridgehead atoms. The zero-order chi connectivity index (χ0) is 38.6. The van der Waals surface area contributed by atoms with Crippen molar-refractivity contribution in [2.24, 2.45) is 0 Å². The van der Waals surface area contributed by atoms with E-state index in [9.17, 15) is 0 Å². The van der Waals surface area contributed by atoms with Gasteiger partial charge in [0.25, 0.3) is 0 Å². The molecule has 9 rings (SSSR count). The molecule has 0 saturated heterocycles. The highest BCUT2D eigenvalue weighted by atomic mass is 16.5. The summed E-state index contributed by atoms with van der Waals surface area (Å²) in [4.78, 5) is 14.7. The number of aromatic nitrogens is 3. The number of fused-ring (bicyclic) bond motifs is 4. The van der Waals surface area contributed by atoms with Crippen molar-refractivity contribution in [1.29, 1.82) is 0 Å². The van der Waals surface area contributed by atoms with Gasteiger partial charge in [-0.3, -0.25) is 4.57 Å². The first kappa shape index (κ1) is 35.3. The van der Waals surface area contributed by atoms with E-state index in [0.29, 0.717) is 5.95 Å². The first-order valence-corrected chi connectivity index (χ1v) is 19.4. The van der Waals surface area contributed by atoms with Gasteiger partial charge in [-0.2, -0.15) is 0 Å². The molecule has 8 aromatic rings. The van der Waals surface area contributed by atoms with Crippen LogP contribution in [0.15, 0.2) is 152 Å². The molecule has 0 amide bonds. The smallest absolute Gasteiger partial charge is 0.234 e. The summed E-state index contributed by atoms with van der Waals surface area (Å²) < 4.78 is 9.06. The second-order valence-electron chi connectivity index (χ2n) is 16.9. The van der Waals surface area contributed by atoms with Crippen LogP contribution in [0.1, 0.15) is 58.2 Å². The number of para-hydroxylation sites is 2. The Balaban J connectivity index is 1.15. The standard InChI is InChI=1S/C50H47N5O/c1-49(2,3)37-21-24-44-43(27-37)42-23-22-40(29-47(42)55(44)48-51-30-38(31-52-48)50(4,5)6)56-41-26-36(35-17-11-8-12-18-35)25-39(28-41)54-33-53(32-34-15-9-7-10-16-34)45-19-13-14-20-46(45)54/h7-31H,32-33H2,1-6H3. The average Bonchev–Trinajstić information content (AvgIpc) is 3.73. The maximum Gasteiger partial charge on any atom is 0.234 e. The van der Waals surface area contributed by atoms with Crippen molar-refractivity contribution in [2.75, 3.05) is 16.5 Å². The van der Waals surface area contributed by atoms with Crippen LogP contribution in [0.5, 0.6) is 11.5 Å². The van der Waals surface area contributed by atoms with E-state index in [2.05, 4.69) is 195 Å². The highest BCUT2D eigenvalue weighted by Crippen LogP contribution is 2.44. The summed E-state index contributed by atoms with van der Waals surface area (Å²) >= 11 is 0. The van der Waals surface area contributed by atoms with Gasteiger partial charge in [-0.05, 0) is 87.2 Å². The van der Waals surface area contributed by atoms with Crippen molar-refractivity contribution >= 4 is 38.9 Å². The van der Waals surface area contributed by atoms with Crippen LogP contribution in [0.25, 0.3) is 38.9 Å². The van der Waals surface area contributed by atoms with E-state index in [4.69, 9.17) is 14.7 Å². The quantitative estimate of drug-likeness (QED) is 0.163. The molecule has 3 heterocycles. The number of hydrogen-bond donors (Lipinski definition) is 0. The lowest BCUT2D eigenvalue weighted by Crippen LogP contribution is -2.27. The van der Waals surface area contributed by atoms with Crippen LogP contribution in [-0.2, 0) is 17.4 Å². The Kier molecular flexibility index (Phi) is 8.65. The molecule has 0 unspecified atom stereocenters. The maximum atomic E-state index is 6.89. The molecule has 0 spiro atoms. The molecule has 2 aromatic heterocycles. The van der Waals surface area contributed by atoms with Crippen molar-refractivity contribution in [1.82, 2.24) is 14.5 Å². The third-order valence-corrected chi connectivity index (χ3v) is 10.9.